The standard InChI is InChI=1S/C20H16ClF2N3O/c21-15-3-1-13(2-4-15)7-9-24-19-11-14(8-10-25-19)20(27)26-18-6-5-16(22)12-17(18)23/h1-6,8,10-12H,7,9H2,(H,24,25)(H,26,27). The molecule has 0 atom stereocenters. The Hall–Kier alpha value is -2.99. The summed E-state index contributed by atoms with van der Waals surface area (Å²) in [7, 11) is 0. The minimum atomic E-state index is -0.835. The first-order valence-corrected chi connectivity index (χ1v) is 8.60. The van der Waals surface area contributed by atoms with Gasteiger partial charge in [-0.25, -0.2) is 13.8 Å². The third-order valence-electron chi connectivity index (χ3n) is 3.83. The fourth-order valence-corrected chi connectivity index (χ4v) is 2.57. The van der Waals surface area contributed by atoms with Crippen molar-refractivity contribution in [3.8, 4) is 0 Å². The number of rotatable bonds is 6. The van der Waals surface area contributed by atoms with Crippen LogP contribution in [0.2, 0.25) is 5.02 Å². The van der Waals surface area contributed by atoms with Crippen molar-refractivity contribution in [3.05, 3.63) is 88.6 Å². The SMILES string of the molecule is O=C(Nc1ccc(F)cc1F)c1ccnc(NCCc2ccc(Cl)cc2)c1. The largest absolute Gasteiger partial charge is 0.370 e. The van der Waals surface area contributed by atoms with Gasteiger partial charge in [-0.1, -0.05) is 23.7 Å². The fraction of sp³-hybridized carbons (Fsp3) is 0.100. The quantitative estimate of drug-likeness (QED) is 0.631. The number of anilines is 2. The van der Waals surface area contributed by atoms with Gasteiger partial charge >= 0.3 is 0 Å². The molecule has 0 aliphatic rings. The van der Waals surface area contributed by atoms with Crippen molar-refractivity contribution in [2.75, 3.05) is 17.2 Å². The summed E-state index contributed by atoms with van der Waals surface area (Å²) < 4.78 is 26.6. The number of carbonyl (C=O) groups excluding carboxylic acids is 1. The zero-order valence-electron chi connectivity index (χ0n) is 14.2. The summed E-state index contributed by atoms with van der Waals surface area (Å²) in [5, 5.41) is 6.24. The molecule has 1 heterocycles. The highest BCUT2D eigenvalue weighted by Gasteiger charge is 2.11. The van der Waals surface area contributed by atoms with Crippen molar-refractivity contribution >= 4 is 29.0 Å². The smallest absolute Gasteiger partial charge is 0.255 e. The number of benzene rings is 2. The molecule has 138 valence electrons. The van der Waals surface area contributed by atoms with E-state index < -0.39 is 17.5 Å². The minimum absolute atomic E-state index is 0.0875. The van der Waals surface area contributed by atoms with E-state index in [0.717, 1.165) is 18.1 Å². The van der Waals surface area contributed by atoms with Crippen LogP contribution in [0.15, 0.2) is 60.8 Å². The molecule has 2 aromatic carbocycles. The van der Waals surface area contributed by atoms with E-state index in [0.29, 0.717) is 29.0 Å². The van der Waals surface area contributed by atoms with Crippen LogP contribution >= 0.6 is 11.6 Å². The average Bonchev–Trinajstić information content (AvgIpc) is 2.66. The molecule has 1 aromatic heterocycles. The second-order valence-corrected chi connectivity index (χ2v) is 6.25. The number of pyridine rings is 1. The topological polar surface area (TPSA) is 54.0 Å². The van der Waals surface area contributed by atoms with Crippen molar-refractivity contribution in [1.82, 2.24) is 4.98 Å². The van der Waals surface area contributed by atoms with Crippen molar-refractivity contribution < 1.29 is 13.6 Å². The average molecular weight is 388 g/mol. The van der Waals surface area contributed by atoms with E-state index in [1.807, 2.05) is 24.3 Å². The number of halogens is 3. The third kappa shape index (κ3) is 5.24. The van der Waals surface area contributed by atoms with Crippen LogP contribution in [-0.4, -0.2) is 17.4 Å². The van der Waals surface area contributed by atoms with Crippen LogP contribution < -0.4 is 10.6 Å². The number of nitrogens with zero attached hydrogens (tertiary/aromatic N) is 1. The van der Waals surface area contributed by atoms with Crippen molar-refractivity contribution in [2.24, 2.45) is 0 Å². The lowest BCUT2D eigenvalue weighted by molar-refractivity contribution is 0.102. The van der Waals surface area contributed by atoms with Crippen LogP contribution in [-0.2, 0) is 6.42 Å². The van der Waals surface area contributed by atoms with Gasteiger partial charge in [-0.3, -0.25) is 4.79 Å². The molecule has 0 fully saturated rings. The fourth-order valence-electron chi connectivity index (χ4n) is 2.44. The molecular formula is C20H16ClF2N3O. The maximum absolute atomic E-state index is 13.7. The van der Waals surface area contributed by atoms with E-state index in [2.05, 4.69) is 15.6 Å². The number of amides is 1. The lowest BCUT2D eigenvalue weighted by Gasteiger charge is -2.09. The molecule has 3 rings (SSSR count). The summed E-state index contributed by atoms with van der Waals surface area (Å²) in [4.78, 5) is 16.5. The van der Waals surface area contributed by atoms with Crippen molar-refractivity contribution in [1.29, 1.82) is 0 Å². The lowest BCUT2D eigenvalue weighted by Crippen LogP contribution is -2.14. The number of nitrogens with one attached hydrogen (secondary N) is 2. The Morgan fingerprint density at radius 3 is 2.56 bits per heavy atom. The van der Waals surface area contributed by atoms with E-state index in [1.165, 1.54) is 18.3 Å². The van der Waals surface area contributed by atoms with Gasteiger partial charge in [0.1, 0.15) is 17.5 Å². The predicted molar refractivity (Wildman–Crippen MR) is 102 cm³/mol. The van der Waals surface area contributed by atoms with Crippen LogP contribution in [0.1, 0.15) is 15.9 Å². The third-order valence-corrected chi connectivity index (χ3v) is 4.09. The Bertz CT molecular complexity index is 948. The summed E-state index contributed by atoms with van der Waals surface area (Å²) in [5.74, 6) is -1.53. The van der Waals surface area contributed by atoms with Gasteiger partial charge in [0.25, 0.3) is 5.91 Å². The Morgan fingerprint density at radius 1 is 1.04 bits per heavy atom. The number of hydrogen-bond donors (Lipinski definition) is 2. The lowest BCUT2D eigenvalue weighted by atomic mass is 10.1. The second-order valence-electron chi connectivity index (χ2n) is 5.81. The van der Waals surface area contributed by atoms with Crippen LogP contribution in [0.3, 0.4) is 0 Å². The van der Waals surface area contributed by atoms with E-state index in [1.54, 1.807) is 6.07 Å². The number of hydrogen-bond acceptors (Lipinski definition) is 3. The summed E-state index contributed by atoms with van der Waals surface area (Å²) in [5.41, 5.74) is 1.34. The molecule has 0 unspecified atom stereocenters. The first-order valence-electron chi connectivity index (χ1n) is 8.22. The molecular weight excluding hydrogens is 372 g/mol. The highest BCUT2D eigenvalue weighted by Crippen LogP contribution is 2.17. The molecule has 0 spiro atoms. The number of carbonyl (C=O) groups is 1. The molecule has 1 amide bonds. The molecule has 27 heavy (non-hydrogen) atoms. The van der Waals surface area contributed by atoms with Gasteiger partial charge in [-0.15, -0.1) is 0 Å². The van der Waals surface area contributed by atoms with Crippen LogP contribution in [0.4, 0.5) is 20.3 Å². The van der Waals surface area contributed by atoms with Gasteiger partial charge in [0, 0.05) is 29.4 Å². The van der Waals surface area contributed by atoms with E-state index >= 15 is 0 Å². The molecule has 2 N–H and O–H groups in total. The van der Waals surface area contributed by atoms with Gasteiger partial charge in [-0.2, -0.15) is 0 Å². The van der Waals surface area contributed by atoms with Crippen LogP contribution in [0.5, 0.6) is 0 Å². The van der Waals surface area contributed by atoms with E-state index in [9.17, 15) is 13.6 Å². The molecule has 0 aliphatic carbocycles. The van der Waals surface area contributed by atoms with Gasteiger partial charge in [0.15, 0.2) is 0 Å². The normalized spacial score (nSPS) is 10.5. The van der Waals surface area contributed by atoms with E-state index in [4.69, 9.17) is 11.6 Å². The Kier molecular flexibility index (Phi) is 5.98. The van der Waals surface area contributed by atoms with Crippen molar-refractivity contribution in [3.63, 3.8) is 0 Å². The van der Waals surface area contributed by atoms with Crippen LogP contribution in [0, 0.1) is 11.6 Å². The Morgan fingerprint density at radius 2 is 1.81 bits per heavy atom. The van der Waals surface area contributed by atoms with Gasteiger partial charge in [0.05, 0.1) is 5.69 Å². The van der Waals surface area contributed by atoms with Gasteiger partial charge < -0.3 is 10.6 Å². The van der Waals surface area contributed by atoms with Gasteiger partial charge in [-0.05, 0) is 48.4 Å². The summed E-state index contributed by atoms with van der Waals surface area (Å²) in [6.45, 7) is 0.617. The molecule has 3 aromatic rings. The number of aromatic nitrogens is 1. The maximum Gasteiger partial charge on any atom is 0.255 e. The minimum Gasteiger partial charge on any atom is -0.370 e. The molecule has 0 aliphatic heterocycles. The Labute approximate surface area is 160 Å². The molecule has 0 radical (unpaired) electrons. The van der Waals surface area contributed by atoms with Gasteiger partial charge in [0.2, 0.25) is 0 Å². The predicted octanol–water partition coefficient (Wildman–Crippen LogP) is 4.92. The summed E-state index contributed by atoms with van der Waals surface area (Å²) >= 11 is 5.86. The highest BCUT2D eigenvalue weighted by atomic mass is 35.5. The molecule has 4 nitrogen and oxygen atoms in total. The van der Waals surface area contributed by atoms with Crippen LogP contribution in [0.25, 0.3) is 0 Å². The zero-order valence-corrected chi connectivity index (χ0v) is 14.9. The Balaban J connectivity index is 1.60. The first-order chi connectivity index (χ1) is 13.0. The molecule has 0 saturated heterocycles. The second kappa shape index (κ2) is 8.60. The van der Waals surface area contributed by atoms with E-state index in [-0.39, 0.29) is 5.69 Å². The summed E-state index contributed by atoms with van der Waals surface area (Å²) in [6, 6.07) is 13.6. The summed E-state index contributed by atoms with van der Waals surface area (Å²) in [6.07, 6.45) is 2.25. The van der Waals surface area contributed by atoms with Crippen molar-refractivity contribution in [2.45, 2.75) is 6.42 Å². The maximum atomic E-state index is 13.7. The highest BCUT2D eigenvalue weighted by molar-refractivity contribution is 6.30. The first kappa shape index (κ1) is 18.8. The zero-order chi connectivity index (χ0) is 19.2. The molecule has 0 saturated carbocycles. The molecule has 0 bridgehead atoms. The molecule has 7 heteroatoms. The monoisotopic (exact) mass is 387 g/mol.